The summed E-state index contributed by atoms with van der Waals surface area (Å²) in [7, 11) is 0. The number of thiazole rings is 1. The van der Waals surface area contributed by atoms with Crippen molar-refractivity contribution >= 4 is 22.9 Å². The topological polar surface area (TPSA) is 22.1 Å². The van der Waals surface area contributed by atoms with Crippen molar-refractivity contribution in [2.75, 3.05) is 6.61 Å². The average Bonchev–Trinajstić information content (AvgIpc) is 2.72. The summed E-state index contributed by atoms with van der Waals surface area (Å²) in [4.78, 5) is 4.40. The first kappa shape index (κ1) is 12.9. The lowest BCUT2D eigenvalue weighted by Gasteiger charge is -2.09. The Kier molecular flexibility index (Phi) is 6.22. The smallest absolute Gasteiger partial charge is 0.0929 e. The second-order valence-electron chi connectivity index (χ2n) is 3.56. The minimum absolute atomic E-state index is 0.375. The first-order chi connectivity index (χ1) is 7.26. The lowest BCUT2D eigenvalue weighted by molar-refractivity contribution is 0.0621. The fourth-order valence-electron chi connectivity index (χ4n) is 1.15. The van der Waals surface area contributed by atoms with Gasteiger partial charge in [-0.3, -0.25) is 0 Å². The van der Waals surface area contributed by atoms with Crippen LogP contribution in [0.3, 0.4) is 0 Å². The van der Waals surface area contributed by atoms with Gasteiger partial charge in [0.2, 0.25) is 0 Å². The molecule has 1 rings (SSSR count). The number of aryl methyl sites for hydroxylation is 1. The molecule has 0 aliphatic carbocycles. The van der Waals surface area contributed by atoms with Gasteiger partial charge in [-0.15, -0.1) is 22.9 Å². The highest BCUT2D eigenvalue weighted by Crippen LogP contribution is 2.13. The number of rotatable bonds is 7. The summed E-state index contributed by atoms with van der Waals surface area (Å²) in [6.07, 6.45) is 3.49. The van der Waals surface area contributed by atoms with Gasteiger partial charge in [0.1, 0.15) is 0 Å². The summed E-state index contributed by atoms with van der Waals surface area (Å²) >= 11 is 7.37. The van der Waals surface area contributed by atoms with Gasteiger partial charge in [-0.05, 0) is 19.8 Å². The van der Waals surface area contributed by atoms with Crippen LogP contribution in [-0.2, 0) is 17.0 Å². The molecule has 0 fully saturated rings. The predicted molar refractivity (Wildman–Crippen MR) is 65.7 cm³/mol. The maximum Gasteiger partial charge on any atom is 0.0929 e. The van der Waals surface area contributed by atoms with Gasteiger partial charge in [-0.1, -0.05) is 6.92 Å². The quantitative estimate of drug-likeness (QED) is 0.542. The van der Waals surface area contributed by atoms with Gasteiger partial charge in [0.05, 0.1) is 22.7 Å². The molecule has 0 aliphatic rings. The van der Waals surface area contributed by atoms with E-state index in [2.05, 4.69) is 18.8 Å². The van der Waals surface area contributed by atoms with E-state index in [-0.39, 0.29) is 0 Å². The molecule has 4 heteroatoms. The van der Waals surface area contributed by atoms with Crippen LogP contribution < -0.4 is 0 Å². The third kappa shape index (κ3) is 4.96. The molecular weight excluding hydrogens is 230 g/mol. The van der Waals surface area contributed by atoms with Crippen LogP contribution >= 0.6 is 22.9 Å². The molecule has 0 aromatic carbocycles. The molecule has 15 heavy (non-hydrogen) atoms. The number of halogens is 1. The zero-order valence-electron chi connectivity index (χ0n) is 9.33. The summed E-state index contributed by atoms with van der Waals surface area (Å²) in [5, 5.41) is 3.19. The van der Waals surface area contributed by atoms with Crippen molar-refractivity contribution in [3.63, 3.8) is 0 Å². The van der Waals surface area contributed by atoms with Crippen LogP contribution in [0.1, 0.15) is 37.4 Å². The predicted octanol–water partition coefficient (Wildman–Crippen LogP) is 3.63. The number of ether oxygens (including phenoxy) is 1. The first-order valence-corrected chi connectivity index (χ1v) is 6.78. The molecule has 0 saturated carbocycles. The lowest BCUT2D eigenvalue weighted by atomic mass is 10.3. The Labute approximate surface area is 101 Å². The van der Waals surface area contributed by atoms with Crippen molar-refractivity contribution in [2.45, 2.75) is 45.1 Å². The van der Waals surface area contributed by atoms with Crippen molar-refractivity contribution < 1.29 is 4.74 Å². The van der Waals surface area contributed by atoms with Crippen LogP contribution in [0, 0.1) is 0 Å². The van der Waals surface area contributed by atoms with Crippen molar-refractivity contribution in [2.24, 2.45) is 0 Å². The maximum absolute atomic E-state index is 5.68. The molecule has 0 spiro atoms. The molecule has 2 nitrogen and oxygen atoms in total. The maximum atomic E-state index is 5.68. The van der Waals surface area contributed by atoms with Gasteiger partial charge in [-0.2, -0.15) is 0 Å². The summed E-state index contributed by atoms with van der Waals surface area (Å²) in [5.74, 6) is 0.514. The van der Waals surface area contributed by atoms with E-state index in [1.165, 1.54) is 5.01 Å². The van der Waals surface area contributed by atoms with E-state index in [9.17, 15) is 0 Å². The van der Waals surface area contributed by atoms with Crippen molar-refractivity contribution in [1.82, 2.24) is 4.98 Å². The van der Waals surface area contributed by atoms with Gasteiger partial charge in [0.15, 0.2) is 0 Å². The molecule has 1 unspecified atom stereocenters. The highest BCUT2D eigenvalue weighted by atomic mass is 35.5. The van der Waals surface area contributed by atoms with E-state index in [4.69, 9.17) is 16.3 Å². The van der Waals surface area contributed by atoms with Gasteiger partial charge in [0, 0.05) is 18.4 Å². The Morgan fingerprint density at radius 2 is 2.40 bits per heavy atom. The number of nitrogens with zero attached hydrogens (tertiary/aromatic N) is 1. The van der Waals surface area contributed by atoms with E-state index in [1.807, 2.05) is 5.38 Å². The second-order valence-corrected chi connectivity index (χ2v) is 4.77. The van der Waals surface area contributed by atoms with Crippen LogP contribution in [0.25, 0.3) is 0 Å². The Morgan fingerprint density at radius 3 is 3.00 bits per heavy atom. The van der Waals surface area contributed by atoms with Gasteiger partial charge < -0.3 is 4.74 Å². The first-order valence-electron chi connectivity index (χ1n) is 5.37. The number of alkyl halides is 1. The van der Waals surface area contributed by atoms with Gasteiger partial charge in [0.25, 0.3) is 0 Å². The lowest BCUT2D eigenvalue weighted by Crippen LogP contribution is -2.07. The number of hydrogen-bond acceptors (Lipinski definition) is 3. The molecule has 86 valence electrons. The van der Waals surface area contributed by atoms with E-state index < -0.39 is 0 Å². The second kappa shape index (κ2) is 7.20. The fraction of sp³-hybridized carbons (Fsp3) is 0.727. The van der Waals surface area contributed by atoms with Crippen LogP contribution in [0.2, 0.25) is 0 Å². The minimum atomic E-state index is 0.375. The third-order valence-electron chi connectivity index (χ3n) is 2.25. The molecule has 0 saturated heterocycles. The zero-order chi connectivity index (χ0) is 11.1. The van der Waals surface area contributed by atoms with Crippen molar-refractivity contribution in [3.05, 3.63) is 16.1 Å². The highest BCUT2D eigenvalue weighted by Gasteiger charge is 2.02. The Balaban J connectivity index is 2.14. The van der Waals surface area contributed by atoms with Crippen molar-refractivity contribution in [3.8, 4) is 0 Å². The largest absolute Gasteiger partial charge is 0.379 e. The normalized spacial score (nSPS) is 13.0. The Morgan fingerprint density at radius 1 is 1.60 bits per heavy atom. The number of aromatic nitrogens is 1. The van der Waals surface area contributed by atoms with E-state index in [0.29, 0.717) is 12.0 Å². The molecule has 0 bridgehead atoms. The van der Waals surface area contributed by atoms with E-state index >= 15 is 0 Å². The SMILES string of the molecule is CCC(C)OCCCc1nc(CCl)cs1. The summed E-state index contributed by atoms with van der Waals surface area (Å²) in [6.45, 7) is 5.07. The fourth-order valence-corrected chi connectivity index (χ4v) is 2.22. The highest BCUT2D eigenvalue weighted by molar-refractivity contribution is 7.09. The Hall–Kier alpha value is -0.120. The van der Waals surface area contributed by atoms with Crippen molar-refractivity contribution in [1.29, 1.82) is 0 Å². The molecule has 0 radical (unpaired) electrons. The standard InChI is InChI=1S/C11H18ClNOS/c1-3-9(2)14-6-4-5-11-13-10(7-12)8-15-11/h8-9H,3-7H2,1-2H3. The summed E-state index contributed by atoms with van der Waals surface area (Å²) in [5.41, 5.74) is 0.986. The monoisotopic (exact) mass is 247 g/mol. The summed E-state index contributed by atoms with van der Waals surface area (Å²) in [6, 6.07) is 0. The molecule has 1 heterocycles. The molecule has 1 atom stereocenters. The zero-order valence-corrected chi connectivity index (χ0v) is 10.9. The number of hydrogen-bond donors (Lipinski definition) is 0. The van der Waals surface area contributed by atoms with Crippen LogP contribution in [0.4, 0.5) is 0 Å². The molecule has 0 amide bonds. The Bertz CT molecular complexity index is 277. The minimum Gasteiger partial charge on any atom is -0.379 e. The molecule has 1 aromatic heterocycles. The molecule has 1 aromatic rings. The van der Waals surface area contributed by atoms with Gasteiger partial charge >= 0.3 is 0 Å². The van der Waals surface area contributed by atoms with E-state index in [0.717, 1.165) is 31.6 Å². The third-order valence-corrected chi connectivity index (χ3v) is 3.48. The van der Waals surface area contributed by atoms with Crippen LogP contribution in [0.15, 0.2) is 5.38 Å². The molecule has 0 aliphatic heterocycles. The van der Waals surface area contributed by atoms with Crippen LogP contribution in [-0.4, -0.2) is 17.7 Å². The molecular formula is C11H18ClNOS. The van der Waals surface area contributed by atoms with Crippen LogP contribution in [0.5, 0.6) is 0 Å². The van der Waals surface area contributed by atoms with E-state index in [1.54, 1.807) is 11.3 Å². The summed E-state index contributed by atoms with van der Waals surface area (Å²) < 4.78 is 5.60. The van der Waals surface area contributed by atoms with Gasteiger partial charge in [-0.25, -0.2) is 4.98 Å². The molecule has 0 N–H and O–H groups in total. The average molecular weight is 248 g/mol.